The van der Waals surface area contributed by atoms with E-state index in [1.54, 1.807) is 6.07 Å². The zero-order chi connectivity index (χ0) is 12.1. The maximum Gasteiger partial charge on any atom is 1.00 e. The van der Waals surface area contributed by atoms with Gasteiger partial charge in [-0.25, -0.2) is 0 Å². The number of halogens is 3. The van der Waals surface area contributed by atoms with E-state index in [-0.39, 0.29) is 30.4 Å². The number of alkyl halides is 2. The molecule has 0 N–H and O–H groups in total. The van der Waals surface area contributed by atoms with Crippen LogP contribution in [0.4, 0.5) is 8.78 Å². The first-order valence-corrected chi connectivity index (χ1v) is 9.00. The molecule has 0 bridgehead atoms. The number of benzene rings is 1. The molecule has 1 aliphatic rings. The molecule has 1 aliphatic heterocycles. The van der Waals surface area contributed by atoms with Crippen LogP contribution in [0.3, 0.4) is 0 Å². The molecule has 1 aromatic rings. The van der Waals surface area contributed by atoms with Gasteiger partial charge in [0.2, 0.25) is 0 Å². The molecule has 0 amide bonds. The quantitative estimate of drug-likeness (QED) is 0.541. The largest absolute Gasteiger partial charge is 1.00 e. The summed E-state index contributed by atoms with van der Waals surface area (Å²) in [6.07, 6.45) is -3.58. The van der Waals surface area contributed by atoms with Crippen molar-refractivity contribution in [3.63, 3.8) is 0 Å². The molecule has 0 saturated heterocycles. The van der Waals surface area contributed by atoms with E-state index in [1.807, 2.05) is 0 Å². The molecular formula is C10H10BrF2LiO2Si. The topological polar surface area (TPSA) is 18.5 Å². The number of ether oxygens (including phenoxy) is 2. The maximum absolute atomic E-state index is 13.0. The Morgan fingerprint density at radius 2 is 1.88 bits per heavy atom. The molecule has 7 heteroatoms. The van der Waals surface area contributed by atoms with Gasteiger partial charge in [-0.15, -0.1) is 20.0 Å². The Labute approximate surface area is 120 Å². The molecule has 0 aromatic heterocycles. The van der Waals surface area contributed by atoms with Gasteiger partial charge in [0.1, 0.15) is 0 Å². The molecule has 0 aliphatic carbocycles. The Balaban J connectivity index is 0.00000144. The zero-order valence-electron chi connectivity index (χ0n) is 10.0. The SMILES string of the molecule is C[Si](C)(C)c1cc(Br)[c-]c2c1OC(F)(F)O2.[Li+]. The molecule has 1 heterocycles. The summed E-state index contributed by atoms with van der Waals surface area (Å²) in [5.41, 5.74) is 0. The molecule has 0 radical (unpaired) electrons. The van der Waals surface area contributed by atoms with Gasteiger partial charge in [-0.1, -0.05) is 40.0 Å². The second-order valence-corrected chi connectivity index (χ2v) is 10.5. The Morgan fingerprint density at radius 1 is 1.29 bits per heavy atom. The Morgan fingerprint density at radius 3 is 2.41 bits per heavy atom. The first-order valence-electron chi connectivity index (χ1n) is 4.71. The predicted octanol–water partition coefficient (Wildman–Crippen LogP) is 0.120. The van der Waals surface area contributed by atoms with E-state index in [4.69, 9.17) is 0 Å². The minimum absolute atomic E-state index is 0. The van der Waals surface area contributed by atoms with Crippen LogP contribution in [0.1, 0.15) is 0 Å². The number of hydrogen-bond donors (Lipinski definition) is 0. The monoisotopic (exact) mass is 314 g/mol. The first-order chi connectivity index (χ1) is 7.19. The van der Waals surface area contributed by atoms with Crippen molar-refractivity contribution in [1.82, 2.24) is 0 Å². The summed E-state index contributed by atoms with van der Waals surface area (Å²) in [4.78, 5) is 0. The van der Waals surface area contributed by atoms with Crippen LogP contribution >= 0.6 is 15.9 Å². The van der Waals surface area contributed by atoms with Crippen LogP contribution in [0.2, 0.25) is 19.6 Å². The van der Waals surface area contributed by atoms with E-state index in [9.17, 15) is 8.78 Å². The van der Waals surface area contributed by atoms with E-state index >= 15 is 0 Å². The van der Waals surface area contributed by atoms with Gasteiger partial charge in [0.15, 0.2) is 0 Å². The van der Waals surface area contributed by atoms with Crippen molar-refractivity contribution in [1.29, 1.82) is 0 Å². The van der Waals surface area contributed by atoms with Gasteiger partial charge in [-0.2, -0.15) is 6.07 Å². The second-order valence-electron chi connectivity index (χ2n) is 4.61. The summed E-state index contributed by atoms with van der Waals surface area (Å²) in [6.45, 7) is 6.15. The predicted molar refractivity (Wildman–Crippen MR) is 62.2 cm³/mol. The van der Waals surface area contributed by atoms with Gasteiger partial charge >= 0.3 is 25.2 Å². The molecule has 0 saturated carbocycles. The summed E-state index contributed by atoms with van der Waals surface area (Å²) < 4.78 is 35.5. The van der Waals surface area contributed by atoms with E-state index in [2.05, 4.69) is 51.1 Å². The van der Waals surface area contributed by atoms with Crippen molar-refractivity contribution in [3.8, 4) is 11.5 Å². The second kappa shape index (κ2) is 4.58. The van der Waals surface area contributed by atoms with E-state index in [0.717, 1.165) is 5.19 Å². The van der Waals surface area contributed by atoms with Gasteiger partial charge in [0.25, 0.3) is 0 Å². The third-order valence-corrected chi connectivity index (χ3v) is 4.62. The van der Waals surface area contributed by atoms with Crippen LogP contribution in [0.15, 0.2) is 10.5 Å². The van der Waals surface area contributed by atoms with Gasteiger partial charge in [0, 0.05) is 0 Å². The van der Waals surface area contributed by atoms with Crippen molar-refractivity contribution in [3.05, 3.63) is 16.6 Å². The van der Waals surface area contributed by atoms with Gasteiger partial charge < -0.3 is 9.47 Å². The third-order valence-electron chi connectivity index (χ3n) is 2.20. The van der Waals surface area contributed by atoms with Crippen molar-refractivity contribution in [2.75, 3.05) is 0 Å². The molecular weight excluding hydrogens is 305 g/mol. The maximum atomic E-state index is 13.0. The van der Waals surface area contributed by atoms with Crippen LogP contribution in [0, 0.1) is 6.07 Å². The van der Waals surface area contributed by atoms with Crippen LogP contribution in [-0.2, 0) is 0 Å². The van der Waals surface area contributed by atoms with Crippen LogP contribution in [-0.4, -0.2) is 14.4 Å². The zero-order valence-corrected chi connectivity index (χ0v) is 12.6. The van der Waals surface area contributed by atoms with Crippen molar-refractivity contribution in [2.24, 2.45) is 0 Å². The third kappa shape index (κ3) is 3.05. The van der Waals surface area contributed by atoms with E-state index < -0.39 is 14.4 Å². The van der Waals surface area contributed by atoms with Crippen molar-refractivity contribution >= 4 is 29.2 Å². The minimum Gasteiger partial charge on any atom is -0.460 e. The summed E-state index contributed by atoms with van der Waals surface area (Å²) in [7, 11) is -1.77. The summed E-state index contributed by atoms with van der Waals surface area (Å²) >= 11 is 3.23. The summed E-state index contributed by atoms with van der Waals surface area (Å²) in [6, 6.07) is 4.44. The fourth-order valence-electron chi connectivity index (χ4n) is 1.50. The van der Waals surface area contributed by atoms with Gasteiger partial charge in [-0.3, -0.25) is 0 Å². The van der Waals surface area contributed by atoms with Crippen molar-refractivity contribution < 1.29 is 37.1 Å². The summed E-state index contributed by atoms with van der Waals surface area (Å²) in [5.74, 6) is 0.115. The molecule has 88 valence electrons. The Hall–Kier alpha value is -0.0257. The van der Waals surface area contributed by atoms with E-state index in [0.29, 0.717) is 4.47 Å². The smallest absolute Gasteiger partial charge is 0.460 e. The molecule has 0 atom stereocenters. The number of rotatable bonds is 1. The Kier molecular flexibility index (Phi) is 4.05. The average Bonchev–Trinajstić information content (AvgIpc) is 2.35. The number of hydrogen-bond acceptors (Lipinski definition) is 2. The molecule has 0 unspecified atom stereocenters. The first kappa shape index (κ1) is 15.0. The number of fused-ring (bicyclic) bond motifs is 1. The average molecular weight is 315 g/mol. The van der Waals surface area contributed by atoms with Gasteiger partial charge in [-0.05, 0) is 0 Å². The fourth-order valence-corrected chi connectivity index (χ4v) is 3.55. The molecule has 2 rings (SSSR count). The van der Waals surface area contributed by atoms with Crippen LogP contribution < -0.4 is 33.5 Å². The standard InChI is InChI=1S/C10H10BrF2O2Si.Li/c1-16(2,3)8-5-6(11)4-7-9(8)15-10(12,13)14-7;/h5H,1-3H3;/q-1;+1. The molecule has 17 heavy (non-hydrogen) atoms. The minimum atomic E-state index is -3.58. The molecule has 1 aromatic carbocycles. The molecule has 2 nitrogen and oxygen atoms in total. The van der Waals surface area contributed by atoms with E-state index in [1.165, 1.54) is 0 Å². The van der Waals surface area contributed by atoms with Gasteiger partial charge in [0.05, 0.1) is 19.6 Å². The Bertz CT molecular complexity index is 449. The van der Waals surface area contributed by atoms with Crippen LogP contribution in [0.5, 0.6) is 11.5 Å². The normalized spacial score (nSPS) is 16.6. The molecule has 0 fully saturated rings. The fraction of sp³-hybridized carbons (Fsp3) is 0.400. The van der Waals surface area contributed by atoms with Crippen LogP contribution in [0.25, 0.3) is 0 Å². The molecule has 0 spiro atoms. The summed E-state index contributed by atoms with van der Waals surface area (Å²) in [5, 5.41) is 0.797. The van der Waals surface area contributed by atoms with Crippen molar-refractivity contribution in [2.45, 2.75) is 25.9 Å².